The van der Waals surface area contributed by atoms with E-state index in [2.05, 4.69) is 25.7 Å². The van der Waals surface area contributed by atoms with Gasteiger partial charge in [0.1, 0.15) is 28.8 Å². The summed E-state index contributed by atoms with van der Waals surface area (Å²) in [5, 5.41) is 10.9. The summed E-state index contributed by atoms with van der Waals surface area (Å²) in [5.41, 5.74) is 4.49. The molecular weight excluding hydrogens is 582 g/mol. The number of nitrogens with zero attached hydrogens (tertiary/aromatic N) is 5. The zero-order chi connectivity index (χ0) is 31.6. The van der Waals surface area contributed by atoms with Crippen molar-refractivity contribution in [3.8, 4) is 39.8 Å². The van der Waals surface area contributed by atoms with E-state index in [-0.39, 0.29) is 5.56 Å². The molecule has 3 aromatic carbocycles. The zero-order valence-corrected chi connectivity index (χ0v) is 24.8. The molecule has 0 radical (unpaired) electrons. The number of anilines is 2. The molecule has 0 saturated carbocycles. The van der Waals surface area contributed by atoms with Crippen molar-refractivity contribution in [1.82, 2.24) is 24.3 Å². The molecule has 0 fully saturated rings. The van der Waals surface area contributed by atoms with Crippen molar-refractivity contribution in [2.75, 3.05) is 17.7 Å². The number of nitrogens with one attached hydrogen (secondary N) is 2. The lowest BCUT2D eigenvalue weighted by Crippen LogP contribution is -2.27. The molecule has 11 heteroatoms. The summed E-state index contributed by atoms with van der Waals surface area (Å²) in [6, 6.07) is 27.0. The first-order valence-corrected chi connectivity index (χ1v) is 14.4. The van der Waals surface area contributed by atoms with Crippen molar-refractivity contribution >= 4 is 28.4 Å². The van der Waals surface area contributed by atoms with Gasteiger partial charge in [0.2, 0.25) is 11.6 Å². The molecule has 0 spiro atoms. The van der Waals surface area contributed by atoms with Crippen LogP contribution in [0.3, 0.4) is 0 Å². The molecule has 226 valence electrons. The predicted molar refractivity (Wildman–Crippen MR) is 175 cm³/mol. The Morgan fingerprint density at radius 2 is 1.72 bits per heavy atom. The SMILES string of the molecule is CNc1cccc(-c2c(-c3cnn(C)c3)oc3ncnc(Oc4ccc(NC(=O)c5cccn(-c6ccccc6)c5=O)cc4)c23)c1. The summed E-state index contributed by atoms with van der Waals surface area (Å²) < 4.78 is 15.7. The lowest BCUT2D eigenvalue weighted by atomic mass is 10.0. The van der Waals surface area contributed by atoms with Gasteiger partial charge in [-0.05, 0) is 66.2 Å². The number of hydrogen-bond acceptors (Lipinski definition) is 8. The van der Waals surface area contributed by atoms with Crippen molar-refractivity contribution in [2.24, 2.45) is 7.05 Å². The van der Waals surface area contributed by atoms with Crippen LogP contribution >= 0.6 is 0 Å². The molecule has 7 rings (SSSR count). The van der Waals surface area contributed by atoms with Crippen LogP contribution in [0.25, 0.3) is 39.2 Å². The molecule has 0 aliphatic heterocycles. The number of amides is 1. The van der Waals surface area contributed by atoms with E-state index in [1.165, 1.54) is 17.0 Å². The zero-order valence-electron chi connectivity index (χ0n) is 24.8. The van der Waals surface area contributed by atoms with Crippen LogP contribution in [0.5, 0.6) is 11.6 Å². The highest BCUT2D eigenvalue weighted by molar-refractivity contribution is 6.04. The maximum absolute atomic E-state index is 13.1. The molecule has 0 aliphatic rings. The summed E-state index contributed by atoms with van der Waals surface area (Å²) in [6.45, 7) is 0. The van der Waals surface area contributed by atoms with Gasteiger partial charge < -0.3 is 19.8 Å². The smallest absolute Gasteiger partial charge is 0.267 e. The van der Waals surface area contributed by atoms with Crippen LogP contribution in [0.1, 0.15) is 10.4 Å². The maximum Gasteiger partial charge on any atom is 0.267 e. The fourth-order valence-electron chi connectivity index (χ4n) is 5.21. The second-order valence-corrected chi connectivity index (χ2v) is 10.4. The highest BCUT2D eigenvalue weighted by Crippen LogP contribution is 2.44. The normalized spacial score (nSPS) is 11.0. The first-order valence-electron chi connectivity index (χ1n) is 14.4. The molecule has 0 aliphatic carbocycles. The third kappa shape index (κ3) is 5.37. The molecule has 2 N–H and O–H groups in total. The van der Waals surface area contributed by atoms with E-state index in [1.54, 1.807) is 59.5 Å². The second-order valence-electron chi connectivity index (χ2n) is 10.4. The highest BCUT2D eigenvalue weighted by atomic mass is 16.5. The van der Waals surface area contributed by atoms with E-state index in [0.29, 0.717) is 39.9 Å². The number of aromatic nitrogens is 5. The highest BCUT2D eigenvalue weighted by Gasteiger charge is 2.24. The Labute approximate surface area is 262 Å². The quantitative estimate of drug-likeness (QED) is 0.199. The lowest BCUT2D eigenvalue weighted by molar-refractivity contribution is 0.102. The average molecular weight is 610 g/mol. The Bertz CT molecular complexity index is 2250. The molecular formula is C35H27N7O4. The number of furan rings is 1. The predicted octanol–water partition coefficient (Wildman–Crippen LogP) is 6.53. The Balaban J connectivity index is 1.19. The van der Waals surface area contributed by atoms with Gasteiger partial charge in [0.25, 0.3) is 11.5 Å². The summed E-state index contributed by atoms with van der Waals surface area (Å²) in [4.78, 5) is 35.0. The minimum absolute atomic E-state index is 0.0225. The number of pyridine rings is 1. The summed E-state index contributed by atoms with van der Waals surface area (Å²) in [5.74, 6) is 0.850. The number of para-hydroxylation sites is 1. The number of fused-ring (bicyclic) bond motifs is 1. The van der Waals surface area contributed by atoms with E-state index in [1.807, 2.05) is 62.8 Å². The van der Waals surface area contributed by atoms with Crippen LogP contribution < -0.4 is 20.9 Å². The van der Waals surface area contributed by atoms with E-state index in [9.17, 15) is 9.59 Å². The molecule has 0 atom stereocenters. The van der Waals surface area contributed by atoms with Gasteiger partial charge in [0.05, 0.1) is 11.8 Å². The molecule has 4 aromatic heterocycles. The first kappa shape index (κ1) is 28.3. The molecule has 11 nitrogen and oxygen atoms in total. The summed E-state index contributed by atoms with van der Waals surface area (Å²) >= 11 is 0. The van der Waals surface area contributed by atoms with Crippen LogP contribution in [0, 0.1) is 0 Å². The van der Waals surface area contributed by atoms with Crippen LogP contribution in [0.15, 0.2) is 125 Å². The summed E-state index contributed by atoms with van der Waals surface area (Å²) in [6.07, 6.45) is 6.62. The third-order valence-electron chi connectivity index (χ3n) is 7.41. The number of carbonyl (C=O) groups is 1. The number of ether oxygens (including phenoxy) is 1. The van der Waals surface area contributed by atoms with Crippen molar-refractivity contribution in [1.29, 1.82) is 0 Å². The lowest BCUT2D eigenvalue weighted by Gasteiger charge is -2.10. The van der Waals surface area contributed by atoms with E-state index < -0.39 is 11.5 Å². The van der Waals surface area contributed by atoms with Gasteiger partial charge in [-0.2, -0.15) is 5.10 Å². The minimum atomic E-state index is -0.517. The second kappa shape index (κ2) is 11.9. The van der Waals surface area contributed by atoms with Gasteiger partial charge in [0, 0.05) is 49.1 Å². The van der Waals surface area contributed by atoms with Crippen molar-refractivity contribution in [3.63, 3.8) is 0 Å². The molecule has 4 heterocycles. The van der Waals surface area contributed by atoms with Crippen LogP contribution in [-0.2, 0) is 7.05 Å². The molecule has 0 saturated heterocycles. The fraction of sp³-hybridized carbons (Fsp3) is 0.0571. The fourth-order valence-corrected chi connectivity index (χ4v) is 5.21. The topological polar surface area (TPSA) is 129 Å². The molecule has 1 amide bonds. The molecule has 0 unspecified atom stereocenters. The van der Waals surface area contributed by atoms with E-state index in [0.717, 1.165) is 22.4 Å². The Kier molecular flexibility index (Phi) is 7.31. The van der Waals surface area contributed by atoms with Gasteiger partial charge >= 0.3 is 0 Å². The standard InChI is InChI=1S/C35H27N7O4/c1-36-25-9-6-8-22(18-25)29-30-33(37-21-38-34(30)46-31(29)23-19-39-41(2)20-23)45-27-15-13-24(14-16-27)40-32(43)28-12-7-17-42(35(28)44)26-10-4-3-5-11-26/h3-21,36H,1-2H3,(H,40,43). The average Bonchev–Trinajstić information content (AvgIpc) is 3.70. The molecule has 0 bridgehead atoms. The Morgan fingerprint density at radius 3 is 2.48 bits per heavy atom. The number of aryl methyl sites for hydroxylation is 1. The van der Waals surface area contributed by atoms with E-state index in [4.69, 9.17) is 9.15 Å². The maximum atomic E-state index is 13.1. The van der Waals surface area contributed by atoms with Crippen molar-refractivity contribution in [2.45, 2.75) is 0 Å². The number of hydrogen-bond donors (Lipinski definition) is 2. The largest absolute Gasteiger partial charge is 0.438 e. The number of carbonyl (C=O) groups excluding carboxylic acids is 1. The number of rotatable bonds is 8. The van der Waals surface area contributed by atoms with Crippen LogP contribution in [-0.4, -0.2) is 37.3 Å². The number of benzene rings is 3. The van der Waals surface area contributed by atoms with Crippen LogP contribution in [0.4, 0.5) is 11.4 Å². The first-order chi connectivity index (χ1) is 22.5. The van der Waals surface area contributed by atoms with Crippen molar-refractivity contribution in [3.05, 3.63) is 132 Å². The van der Waals surface area contributed by atoms with Gasteiger partial charge in [-0.15, -0.1) is 0 Å². The van der Waals surface area contributed by atoms with Crippen LogP contribution in [0.2, 0.25) is 0 Å². The molecule has 46 heavy (non-hydrogen) atoms. The monoisotopic (exact) mass is 609 g/mol. The minimum Gasteiger partial charge on any atom is -0.438 e. The third-order valence-corrected chi connectivity index (χ3v) is 7.41. The Hall–Kier alpha value is -6.49. The van der Waals surface area contributed by atoms with E-state index >= 15 is 0 Å². The Morgan fingerprint density at radius 1 is 0.891 bits per heavy atom. The van der Waals surface area contributed by atoms with Crippen molar-refractivity contribution < 1.29 is 13.9 Å². The van der Waals surface area contributed by atoms with Gasteiger partial charge in [0.15, 0.2) is 0 Å². The van der Waals surface area contributed by atoms with Gasteiger partial charge in [-0.25, -0.2) is 9.97 Å². The van der Waals surface area contributed by atoms with Gasteiger partial charge in [-0.3, -0.25) is 18.8 Å². The summed E-state index contributed by atoms with van der Waals surface area (Å²) in [7, 11) is 3.70. The van der Waals surface area contributed by atoms with Gasteiger partial charge in [-0.1, -0.05) is 30.3 Å². The molecule has 7 aromatic rings.